The normalized spacial score (nSPS) is 8.71. The molecule has 0 aliphatic carbocycles. The van der Waals surface area contributed by atoms with E-state index >= 15 is 0 Å². The Kier molecular flexibility index (Phi) is 0.978. The van der Waals surface area contributed by atoms with Crippen LogP contribution in [0.3, 0.4) is 0 Å². The van der Waals surface area contributed by atoms with E-state index in [0.29, 0.717) is 0 Å². The molecule has 38 valence electrons. The van der Waals surface area contributed by atoms with E-state index in [4.69, 9.17) is 0 Å². The molecule has 7 heavy (non-hydrogen) atoms. The van der Waals surface area contributed by atoms with Crippen molar-refractivity contribution in [1.82, 2.24) is 0 Å². The second kappa shape index (κ2) is 1.64. The number of rotatable bonds is 1. The SMILES string of the molecule is FOc1ccoc1. The first-order chi connectivity index (χ1) is 3.43. The molecular weight excluding hydrogens is 99.0 g/mol. The Bertz CT molecular complexity index is 124. The summed E-state index contributed by atoms with van der Waals surface area (Å²) in [5, 5.41) is 0. The van der Waals surface area contributed by atoms with Crippen molar-refractivity contribution in [3.8, 4) is 5.75 Å². The fraction of sp³-hybridized carbons (Fsp3) is 0. The van der Waals surface area contributed by atoms with Gasteiger partial charge in [0.1, 0.15) is 6.26 Å². The lowest BCUT2D eigenvalue weighted by Crippen LogP contribution is -1.65. The van der Waals surface area contributed by atoms with Crippen LogP contribution in [0, 0.1) is 0 Å². The van der Waals surface area contributed by atoms with Crippen LogP contribution < -0.4 is 4.94 Å². The number of halogens is 1. The molecule has 0 aliphatic heterocycles. The Balaban J connectivity index is 2.76. The minimum absolute atomic E-state index is 0.0972. The van der Waals surface area contributed by atoms with Crippen molar-refractivity contribution in [1.29, 1.82) is 0 Å². The first kappa shape index (κ1) is 4.18. The van der Waals surface area contributed by atoms with Crippen LogP contribution in [-0.4, -0.2) is 0 Å². The molecule has 0 N–H and O–H groups in total. The summed E-state index contributed by atoms with van der Waals surface area (Å²) in [5.74, 6) is 0.0972. The van der Waals surface area contributed by atoms with Crippen LogP contribution >= 0.6 is 0 Å². The van der Waals surface area contributed by atoms with Crippen molar-refractivity contribution in [2.24, 2.45) is 0 Å². The number of hydrogen-bond donors (Lipinski definition) is 0. The van der Waals surface area contributed by atoms with E-state index in [1.54, 1.807) is 0 Å². The molecule has 0 unspecified atom stereocenters. The van der Waals surface area contributed by atoms with Gasteiger partial charge in [-0.1, -0.05) is 0 Å². The summed E-state index contributed by atoms with van der Waals surface area (Å²) in [5.41, 5.74) is 0. The zero-order valence-corrected chi connectivity index (χ0v) is 3.43. The maximum absolute atomic E-state index is 11.0. The van der Waals surface area contributed by atoms with Gasteiger partial charge in [0.15, 0.2) is 0 Å². The zero-order chi connectivity index (χ0) is 5.11. The van der Waals surface area contributed by atoms with Gasteiger partial charge in [0.2, 0.25) is 5.75 Å². The summed E-state index contributed by atoms with van der Waals surface area (Å²) in [6.07, 6.45) is 2.49. The highest BCUT2D eigenvalue weighted by Crippen LogP contribution is 2.08. The Labute approximate surface area is 39.4 Å². The molecule has 0 fully saturated rings. The lowest BCUT2D eigenvalue weighted by Gasteiger charge is -1.76. The van der Waals surface area contributed by atoms with Crippen LogP contribution in [0.25, 0.3) is 0 Å². The van der Waals surface area contributed by atoms with E-state index in [1.165, 1.54) is 18.6 Å². The van der Waals surface area contributed by atoms with Crippen molar-refractivity contribution in [3.63, 3.8) is 0 Å². The molecular formula is C4H3FO2. The molecule has 0 radical (unpaired) electrons. The van der Waals surface area contributed by atoms with Gasteiger partial charge in [-0.3, -0.25) is 4.94 Å². The maximum Gasteiger partial charge on any atom is 0.209 e. The Morgan fingerprint density at radius 2 is 2.57 bits per heavy atom. The van der Waals surface area contributed by atoms with E-state index in [9.17, 15) is 4.53 Å². The molecule has 1 rings (SSSR count). The van der Waals surface area contributed by atoms with Gasteiger partial charge in [-0.05, 0) is 0 Å². The van der Waals surface area contributed by atoms with Gasteiger partial charge >= 0.3 is 0 Å². The highest BCUT2D eigenvalue weighted by Gasteiger charge is 1.88. The van der Waals surface area contributed by atoms with Gasteiger partial charge in [0.25, 0.3) is 0 Å². The third kappa shape index (κ3) is 0.707. The molecule has 1 aromatic rings. The van der Waals surface area contributed by atoms with E-state index in [1.807, 2.05) is 0 Å². The van der Waals surface area contributed by atoms with E-state index in [-0.39, 0.29) is 5.75 Å². The summed E-state index contributed by atoms with van der Waals surface area (Å²) >= 11 is 0. The van der Waals surface area contributed by atoms with Gasteiger partial charge in [-0.2, -0.15) is 0 Å². The minimum Gasteiger partial charge on any atom is -0.468 e. The third-order valence-electron chi connectivity index (χ3n) is 0.584. The highest BCUT2D eigenvalue weighted by atomic mass is 19.3. The summed E-state index contributed by atoms with van der Waals surface area (Å²) in [6, 6.07) is 1.38. The van der Waals surface area contributed by atoms with Crippen molar-refractivity contribution >= 4 is 0 Å². The molecule has 2 nitrogen and oxygen atoms in total. The lowest BCUT2D eigenvalue weighted by atomic mass is 10.6. The largest absolute Gasteiger partial charge is 0.468 e. The molecule has 3 heteroatoms. The maximum atomic E-state index is 11.0. The third-order valence-corrected chi connectivity index (χ3v) is 0.584. The fourth-order valence-electron chi connectivity index (χ4n) is 0.296. The van der Waals surface area contributed by atoms with Crippen LogP contribution in [0.15, 0.2) is 23.0 Å². The molecule has 0 aromatic carbocycles. The van der Waals surface area contributed by atoms with Gasteiger partial charge < -0.3 is 4.42 Å². The van der Waals surface area contributed by atoms with Crippen LogP contribution in [0.1, 0.15) is 0 Å². The number of hydrogen-bond acceptors (Lipinski definition) is 2. The molecule has 1 heterocycles. The first-order valence-corrected chi connectivity index (χ1v) is 1.74. The monoisotopic (exact) mass is 102 g/mol. The Hall–Kier alpha value is -0.990. The average Bonchev–Trinajstić information content (AvgIpc) is 2.14. The average molecular weight is 102 g/mol. The van der Waals surface area contributed by atoms with Gasteiger partial charge in [-0.25, -0.2) is 0 Å². The molecule has 0 atom stereocenters. The summed E-state index contributed by atoms with van der Waals surface area (Å²) < 4.78 is 15.4. The van der Waals surface area contributed by atoms with Crippen LogP contribution in [0.5, 0.6) is 5.75 Å². The Morgan fingerprint density at radius 3 is 2.86 bits per heavy atom. The van der Waals surface area contributed by atoms with Gasteiger partial charge in [0.05, 0.1) is 6.26 Å². The molecule has 0 aliphatic rings. The summed E-state index contributed by atoms with van der Waals surface area (Å²) in [6.45, 7) is 0. The van der Waals surface area contributed by atoms with Gasteiger partial charge in [-0.15, -0.1) is 0 Å². The van der Waals surface area contributed by atoms with Crippen LogP contribution in [0.2, 0.25) is 0 Å². The van der Waals surface area contributed by atoms with E-state index in [0.717, 1.165) is 0 Å². The van der Waals surface area contributed by atoms with Crippen molar-refractivity contribution < 1.29 is 13.9 Å². The quantitative estimate of drug-likeness (QED) is 0.536. The molecule has 0 amide bonds. The molecule has 0 saturated heterocycles. The second-order valence-electron chi connectivity index (χ2n) is 1.04. The predicted molar refractivity (Wildman–Crippen MR) is 20.4 cm³/mol. The predicted octanol–water partition coefficient (Wildman–Crippen LogP) is 1.54. The van der Waals surface area contributed by atoms with Crippen molar-refractivity contribution in [2.75, 3.05) is 0 Å². The number of furan rings is 1. The van der Waals surface area contributed by atoms with Crippen LogP contribution in [0.4, 0.5) is 4.53 Å². The summed E-state index contributed by atoms with van der Waals surface area (Å²) in [7, 11) is 0. The second-order valence-corrected chi connectivity index (χ2v) is 1.04. The topological polar surface area (TPSA) is 22.4 Å². The lowest BCUT2D eigenvalue weighted by molar-refractivity contribution is -0.00690. The van der Waals surface area contributed by atoms with Crippen molar-refractivity contribution in [2.45, 2.75) is 0 Å². The minimum atomic E-state index is 0.0972. The van der Waals surface area contributed by atoms with Gasteiger partial charge in [0, 0.05) is 10.6 Å². The molecule has 0 spiro atoms. The van der Waals surface area contributed by atoms with Crippen LogP contribution in [-0.2, 0) is 0 Å². The van der Waals surface area contributed by atoms with E-state index in [2.05, 4.69) is 9.36 Å². The molecule has 0 bridgehead atoms. The smallest absolute Gasteiger partial charge is 0.209 e. The van der Waals surface area contributed by atoms with E-state index < -0.39 is 0 Å². The Morgan fingerprint density at radius 1 is 1.71 bits per heavy atom. The molecule has 1 aromatic heterocycles. The standard InChI is InChI=1S/C4H3FO2/c5-7-4-1-2-6-3-4/h1-3H. The summed E-state index contributed by atoms with van der Waals surface area (Å²) in [4.78, 5) is 3.26. The zero-order valence-electron chi connectivity index (χ0n) is 3.43. The van der Waals surface area contributed by atoms with Crippen molar-refractivity contribution in [3.05, 3.63) is 18.6 Å². The first-order valence-electron chi connectivity index (χ1n) is 1.74. The molecule has 0 saturated carbocycles. The fourth-order valence-corrected chi connectivity index (χ4v) is 0.296. The highest BCUT2D eigenvalue weighted by molar-refractivity contribution is 5.11.